The molecule has 0 amide bonds. The van der Waals surface area contributed by atoms with E-state index in [-0.39, 0.29) is 0 Å². The first kappa shape index (κ1) is 14.0. The van der Waals surface area contributed by atoms with E-state index < -0.39 is 0 Å². The minimum Gasteiger partial charge on any atom is -0.438 e. The Morgan fingerprint density at radius 1 is 1.14 bits per heavy atom. The number of aryl methyl sites for hydroxylation is 1. The van der Waals surface area contributed by atoms with Crippen molar-refractivity contribution < 1.29 is 4.74 Å². The molecule has 0 bridgehead atoms. The number of nitrogens with zero attached hydrogens (tertiary/aromatic N) is 1. The van der Waals surface area contributed by atoms with Gasteiger partial charge in [0.25, 0.3) is 0 Å². The number of fused-ring (bicyclic) bond motifs is 1. The molecule has 1 aromatic heterocycles. The van der Waals surface area contributed by atoms with Crippen LogP contribution in [0.3, 0.4) is 0 Å². The highest BCUT2D eigenvalue weighted by atomic mass is 79.9. The number of pyridine rings is 1. The summed E-state index contributed by atoms with van der Waals surface area (Å²) in [6.07, 6.45) is 1.78. The largest absolute Gasteiger partial charge is 0.438 e. The van der Waals surface area contributed by atoms with Crippen molar-refractivity contribution >= 4 is 26.7 Å². The van der Waals surface area contributed by atoms with Gasteiger partial charge in [0.1, 0.15) is 5.75 Å². The summed E-state index contributed by atoms with van der Waals surface area (Å²) in [6.45, 7) is 2.47. The number of hydrogen-bond donors (Lipinski definition) is 1. The van der Waals surface area contributed by atoms with Crippen LogP contribution in [0.4, 0.5) is 0 Å². The van der Waals surface area contributed by atoms with Crippen LogP contribution >= 0.6 is 15.9 Å². The number of rotatable bonds is 3. The van der Waals surface area contributed by atoms with Crippen LogP contribution in [-0.4, -0.2) is 4.98 Å². The van der Waals surface area contributed by atoms with Gasteiger partial charge >= 0.3 is 0 Å². The van der Waals surface area contributed by atoms with Crippen molar-refractivity contribution in [1.29, 1.82) is 0 Å². The number of ether oxygens (including phenoxy) is 1. The van der Waals surface area contributed by atoms with E-state index in [0.29, 0.717) is 12.4 Å². The van der Waals surface area contributed by atoms with Crippen LogP contribution in [0, 0.1) is 6.92 Å². The molecule has 0 atom stereocenters. The standard InChI is InChI=1S/C17H15BrN2O/c1-11-6-7-13(18)8-16(11)21-17-15-5-3-2-4-14(15)12(9-19)10-20-17/h2-8,10H,9,19H2,1H3. The lowest BCUT2D eigenvalue weighted by atomic mass is 10.1. The molecule has 106 valence electrons. The Morgan fingerprint density at radius 2 is 1.90 bits per heavy atom. The lowest BCUT2D eigenvalue weighted by Crippen LogP contribution is -2.00. The third-order valence-corrected chi connectivity index (χ3v) is 3.91. The average molecular weight is 343 g/mol. The quantitative estimate of drug-likeness (QED) is 0.759. The van der Waals surface area contributed by atoms with E-state index in [9.17, 15) is 0 Å². The van der Waals surface area contributed by atoms with Crippen LogP contribution in [0.2, 0.25) is 0 Å². The summed E-state index contributed by atoms with van der Waals surface area (Å²) in [7, 11) is 0. The molecule has 3 aromatic rings. The van der Waals surface area contributed by atoms with Crippen LogP contribution in [0.5, 0.6) is 11.6 Å². The highest BCUT2D eigenvalue weighted by Crippen LogP contribution is 2.32. The summed E-state index contributed by atoms with van der Waals surface area (Å²) in [5.74, 6) is 1.39. The van der Waals surface area contributed by atoms with Crippen molar-refractivity contribution in [2.24, 2.45) is 5.73 Å². The summed E-state index contributed by atoms with van der Waals surface area (Å²) in [4.78, 5) is 4.43. The Bertz CT molecular complexity index is 802. The monoisotopic (exact) mass is 342 g/mol. The van der Waals surface area contributed by atoms with Gasteiger partial charge in [-0.25, -0.2) is 4.98 Å². The summed E-state index contributed by atoms with van der Waals surface area (Å²) in [5.41, 5.74) is 7.86. The van der Waals surface area contributed by atoms with Gasteiger partial charge in [-0.05, 0) is 41.6 Å². The van der Waals surface area contributed by atoms with Crippen molar-refractivity contribution in [3.63, 3.8) is 0 Å². The average Bonchev–Trinajstić information content (AvgIpc) is 2.51. The zero-order valence-electron chi connectivity index (χ0n) is 11.6. The topological polar surface area (TPSA) is 48.1 Å². The van der Waals surface area contributed by atoms with E-state index in [0.717, 1.165) is 32.1 Å². The fourth-order valence-electron chi connectivity index (χ4n) is 2.26. The summed E-state index contributed by atoms with van der Waals surface area (Å²) in [5, 5.41) is 2.05. The van der Waals surface area contributed by atoms with E-state index >= 15 is 0 Å². The Kier molecular flexibility index (Phi) is 3.90. The first-order valence-electron chi connectivity index (χ1n) is 6.69. The molecule has 0 saturated heterocycles. The van der Waals surface area contributed by atoms with E-state index in [2.05, 4.69) is 20.9 Å². The number of hydrogen-bond acceptors (Lipinski definition) is 3. The van der Waals surface area contributed by atoms with Gasteiger partial charge < -0.3 is 10.5 Å². The Balaban J connectivity index is 2.11. The van der Waals surface area contributed by atoms with Gasteiger partial charge in [-0.1, -0.05) is 40.2 Å². The summed E-state index contributed by atoms with van der Waals surface area (Å²) >= 11 is 3.47. The van der Waals surface area contributed by atoms with E-state index in [1.54, 1.807) is 6.20 Å². The molecule has 0 fully saturated rings. The molecular weight excluding hydrogens is 328 g/mol. The zero-order chi connectivity index (χ0) is 14.8. The highest BCUT2D eigenvalue weighted by Gasteiger charge is 2.10. The van der Waals surface area contributed by atoms with Gasteiger partial charge in [0.05, 0.1) is 0 Å². The molecule has 4 heteroatoms. The first-order chi connectivity index (χ1) is 10.2. The minimum atomic E-state index is 0.462. The number of halogens is 1. The van der Waals surface area contributed by atoms with Crippen LogP contribution in [0.15, 0.2) is 53.1 Å². The molecule has 0 aliphatic carbocycles. The lowest BCUT2D eigenvalue weighted by Gasteiger charge is -2.12. The SMILES string of the molecule is Cc1ccc(Br)cc1Oc1ncc(CN)c2ccccc12. The maximum Gasteiger partial charge on any atom is 0.227 e. The maximum atomic E-state index is 6.02. The van der Waals surface area contributed by atoms with Gasteiger partial charge in [0.15, 0.2) is 0 Å². The van der Waals surface area contributed by atoms with Gasteiger partial charge in [0, 0.05) is 22.6 Å². The van der Waals surface area contributed by atoms with E-state index in [4.69, 9.17) is 10.5 Å². The molecule has 3 rings (SSSR count). The summed E-state index contributed by atoms with van der Waals surface area (Å²) in [6, 6.07) is 14.0. The second-order valence-corrected chi connectivity index (χ2v) is 5.77. The Hall–Kier alpha value is -1.91. The van der Waals surface area contributed by atoms with Gasteiger partial charge in [-0.15, -0.1) is 0 Å². The molecule has 1 heterocycles. The van der Waals surface area contributed by atoms with Gasteiger partial charge in [0.2, 0.25) is 5.88 Å². The second kappa shape index (κ2) is 5.84. The predicted molar refractivity (Wildman–Crippen MR) is 88.6 cm³/mol. The van der Waals surface area contributed by atoms with Crippen molar-refractivity contribution in [2.75, 3.05) is 0 Å². The molecule has 0 unspecified atom stereocenters. The van der Waals surface area contributed by atoms with E-state index in [1.165, 1.54) is 0 Å². The van der Waals surface area contributed by atoms with Gasteiger partial charge in [-0.2, -0.15) is 0 Å². The molecule has 0 aliphatic rings. The molecule has 0 radical (unpaired) electrons. The minimum absolute atomic E-state index is 0.462. The zero-order valence-corrected chi connectivity index (χ0v) is 13.2. The van der Waals surface area contributed by atoms with Gasteiger partial charge in [-0.3, -0.25) is 0 Å². The molecule has 2 N–H and O–H groups in total. The third kappa shape index (κ3) is 2.77. The summed E-state index contributed by atoms with van der Waals surface area (Å²) < 4.78 is 7.00. The number of nitrogens with two attached hydrogens (primary N) is 1. The number of aromatic nitrogens is 1. The predicted octanol–water partition coefficient (Wildman–Crippen LogP) is 4.56. The lowest BCUT2D eigenvalue weighted by molar-refractivity contribution is 0.465. The molecular formula is C17H15BrN2O. The molecule has 0 spiro atoms. The molecule has 21 heavy (non-hydrogen) atoms. The fourth-order valence-corrected chi connectivity index (χ4v) is 2.60. The Labute approximate surface area is 131 Å². The normalized spacial score (nSPS) is 10.8. The van der Waals surface area contributed by atoms with Crippen molar-refractivity contribution in [3.05, 3.63) is 64.3 Å². The second-order valence-electron chi connectivity index (χ2n) is 4.85. The van der Waals surface area contributed by atoms with E-state index in [1.807, 2.05) is 49.4 Å². The molecule has 0 aliphatic heterocycles. The van der Waals surface area contributed by atoms with Crippen molar-refractivity contribution in [3.8, 4) is 11.6 Å². The smallest absolute Gasteiger partial charge is 0.227 e. The van der Waals surface area contributed by atoms with Crippen LogP contribution in [0.25, 0.3) is 10.8 Å². The van der Waals surface area contributed by atoms with Crippen LogP contribution in [-0.2, 0) is 6.54 Å². The molecule has 0 saturated carbocycles. The highest BCUT2D eigenvalue weighted by molar-refractivity contribution is 9.10. The third-order valence-electron chi connectivity index (χ3n) is 3.42. The van der Waals surface area contributed by atoms with Crippen LogP contribution < -0.4 is 10.5 Å². The Morgan fingerprint density at radius 3 is 2.67 bits per heavy atom. The molecule has 3 nitrogen and oxygen atoms in total. The van der Waals surface area contributed by atoms with Crippen molar-refractivity contribution in [2.45, 2.75) is 13.5 Å². The first-order valence-corrected chi connectivity index (χ1v) is 7.49. The fraction of sp³-hybridized carbons (Fsp3) is 0.118. The van der Waals surface area contributed by atoms with Crippen molar-refractivity contribution in [1.82, 2.24) is 4.98 Å². The molecule has 2 aromatic carbocycles. The number of benzene rings is 2. The maximum absolute atomic E-state index is 6.02. The van der Waals surface area contributed by atoms with Crippen LogP contribution in [0.1, 0.15) is 11.1 Å².